The molecule has 4 rings (SSSR count). The van der Waals surface area contributed by atoms with E-state index >= 15 is 0 Å². The summed E-state index contributed by atoms with van der Waals surface area (Å²) >= 11 is 0. The summed E-state index contributed by atoms with van der Waals surface area (Å²) in [4.78, 5) is 8.04. The molecule has 2 aromatic rings. The second-order valence-electron chi connectivity index (χ2n) is 6.88. The molecule has 0 saturated heterocycles. The number of hydrogen-bond acceptors (Lipinski definition) is 5. The van der Waals surface area contributed by atoms with Gasteiger partial charge in [0.2, 0.25) is 5.89 Å². The molecule has 134 valence electrons. The molecule has 0 aromatic carbocycles. The number of pyridine rings is 1. The zero-order chi connectivity index (χ0) is 17.5. The number of nitrogens with zero attached hydrogens (tertiary/aromatic N) is 3. The van der Waals surface area contributed by atoms with E-state index in [4.69, 9.17) is 4.52 Å². The van der Waals surface area contributed by atoms with Gasteiger partial charge in [0.25, 0.3) is 0 Å². The number of rotatable bonds is 5. The predicted molar refractivity (Wildman–Crippen MR) is 82.5 cm³/mol. The van der Waals surface area contributed by atoms with E-state index in [2.05, 4.69) is 20.4 Å². The summed E-state index contributed by atoms with van der Waals surface area (Å²) in [6.45, 7) is 0.0655. The van der Waals surface area contributed by atoms with Gasteiger partial charge in [0, 0.05) is 18.7 Å². The molecule has 0 amide bonds. The van der Waals surface area contributed by atoms with Gasteiger partial charge in [-0.2, -0.15) is 18.2 Å². The molecule has 0 spiro atoms. The Balaban J connectivity index is 1.57. The molecule has 5 nitrogen and oxygen atoms in total. The molecule has 2 aliphatic carbocycles. The Hall–Kier alpha value is -1.96. The fourth-order valence-corrected chi connectivity index (χ4v) is 3.48. The zero-order valence-electron chi connectivity index (χ0n) is 13.6. The van der Waals surface area contributed by atoms with Crippen molar-refractivity contribution in [2.75, 3.05) is 0 Å². The van der Waals surface area contributed by atoms with Crippen LogP contribution < -0.4 is 5.32 Å². The SMILES string of the molecule is FC(F)(F)c1ncccc1CNC1(c2noc(C3CC3)n2)CCCC1. The van der Waals surface area contributed by atoms with Crippen molar-refractivity contribution in [2.45, 2.75) is 62.7 Å². The Bertz CT molecular complexity index is 748. The molecule has 1 N–H and O–H groups in total. The van der Waals surface area contributed by atoms with Crippen LogP contribution in [0.3, 0.4) is 0 Å². The maximum absolute atomic E-state index is 13.1. The van der Waals surface area contributed by atoms with E-state index in [0.717, 1.165) is 38.5 Å². The molecule has 25 heavy (non-hydrogen) atoms. The molecule has 0 aliphatic heterocycles. The normalized spacial score (nSPS) is 20.1. The van der Waals surface area contributed by atoms with Crippen LogP contribution in [-0.4, -0.2) is 15.1 Å². The van der Waals surface area contributed by atoms with E-state index in [-0.39, 0.29) is 12.1 Å². The molecular formula is C17H19F3N4O. The summed E-state index contributed by atoms with van der Waals surface area (Å²) < 4.78 is 44.8. The molecule has 2 heterocycles. The summed E-state index contributed by atoms with van der Waals surface area (Å²) in [5.41, 5.74) is -1.23. The Labute approximate surface area is 143 Å². The lowest BCUT2D eigenvalue weighted by Crippen LogP contribution is -2.41. The number of aromatic nitrogens is 3. The standard InChI is InChI=1S/C17H19F3N4O/c18-17(19,20)13-12(4-3-9-21-13)10-22-16(7-1-2-8-16)15-23-14(25-24-15)11-5-6-11/h3-4,9,11,22H,1-2,5-8,10H2. The maximum Gasteiger partial charge on any atom is 0.433 e. The van der Waals surface area contributed by atoms with Crippen molar-refractivity contribution in [3.63, 3.8) is 0 Å². The monoisotopic (exact) mass is 352 g/mol. The van der Waals surface area contributed by atoms with Gasteiger partial charge in [-0.25, -0.2) is 0 Å². The average molecular weight is 352 g/mol. The van der Waals surface area contributed by atoms with Crippen LogP contribution in [0.5, 0.6) is 0 Å². The van der Waals surface area contributed by atoms with Gasteiger partial charge in [-0.3, -0.25) is 4.98 Å². The van der Waals surface area contributed by atoms with Crippen LogP contribution in [-0.2, 0) is 18.3 Å². The van der Waals surface area contributed by atoms with Gasteiger partial charge in [0.05, 0.1) is 5.54 Å². The van der Waals surface area contributed by atoms with Crippen molar-refractivity contribution in [3.05, 3.63) is 41.3 Å². The molecule has 0 radical (unpaired) electrons. The Kier molecular flexibility index (Phi) is 4.02. The van der Waals surface area contributed by atoms with Crippen molar-refractivity contribution in [2.24, 2.45) is 0 Å². The number of halogens is 3. The van der Waals surface area contributed by atoms with Crippen molar-refractivity contribution in [3.8, 4) is 0 Å². The first-order valence-electron chi connectivity index (χ1n) is 8.58. The van der Waals surface area contributed by atoms with Crippen LogP contribution in [0, 0.1) is 0 Å². The Morgan fingerprint density at radius 3 is 2.68 bits per heavy atom. The lowest BCUT2D eigenvalue weighted by atomic mass is 9.96. The summed E-state index contributed by atoms with van der Waals surface area (Å²) in [5.74, 6) is 1.58. The minimum Gasteiger partial charge on any atom is -0.339 e. The third kappa shape index (κ3) is 3.27. The molecule has 2 saturated carbocycles. The minimum atomic E-state index is -4.47. The summed E-state index contributed by atoms with van der Waals surface area (Å²) in [5, 5.41) is 7.42. The van der Waals surface area contributed by atoms with E-state index in [1.807, 2.05) is 0 Å². The molecular weight excluding hydrogens is 333 g/mol. The van der Waals surface area contributed by atoms with Gasteiger partial charge in [0.15, 0.2) is 5.82 Å². The van der Waals surface area contributed by atoms with Crippen LogP contribution in [0.15, 0.2) is 22.9 Å². The van der Waals surface area contributed by atoms with Gasteiger partial charge in [-0.15, -0.1) is 0 Å². The molecule has 0 atom stereocenters. The number of alkyl halides is 3. The van der Waals surface area contributed by atoms with Crippen molar-refractivity contribution >= 4 is 0 Å². The van der Waals surface area contributed by atoms with Crippen molar-refractivity contribution in [1.82, 2.24) is 20.4 Å². The highest BCUT2D eigenvalue weighted by Crippen LogP contribution is 2.42. The minimum absolute atomic E-state index is 0.0655. The summed E-state index contributed by atoms with van der Waals surface area (Å²) in [6.07, 6.45) is 2.37. The Morgan fingerprint density at radius 1 is 1.24 bits per heavy atom. The fraction of sp³-hybridized carbons (Fsp3) is 0.588. The highest BCUT2D eigenvalue weighted by Gasteiger charge is 2.42. The molecule has 2 fully saturated rings. The molecule has 8 heteroatoms. The predicted octanol–water partition coefficient (Wildman–Crippen LogP) is 3.92. The lowest BCUT2D eigenvalue weighted by molar-refractivity contribution is -0.141. The molecule has 0 unspecified atom stereocenters. The number of hydrogen-bond donors (Lipinski definition) is 1. The molecule has 2 aliphatic rings. The van der Waals surface area contributed by atoms with E-state index < -0.39 is 17.4 Å². The van der Waals surface area contributed by atoms with E-state index in [1.54, 1.807) is 0 Å². The van der Waals surface area contributed by atoms with E-state index in [0.29, 0.717) is 17.6 Å². The van der Waals surface area contributed by atoms with Gasteiger partial charge in [-0.1, -0.05) is 24.1 Å². The fourth-order valence-electron chi connectivity index (χ4n) is 3.48. The van der Waals surface area contributed by atoms with E-state index in [1.165, 1.54) is 18.3 Å². The van der Waals surface area contributed by atoms with Gasteiger partial charge >= 0.3 is 6.18 Å². The summed E-state index contributed by atoms with van der Waals surface area (Å²) in [6, 6.07) is 2.98. The van der Waals surface area contributed by atoms with Crippen molar-refractivity contribution < 1.29 is 17.7 Å². The number of nitrogens with one attached hydrogen (secondary N) is 1. The van der Waals surface area contributed by atoms with Crippen LogP contribution in [0.25, 0.3) is 0 Å². The van der Waals surface area contributed by atoms with Crippen LogP contribution in [0.1, 0.15) is 67.4 Å². The van der Waals surface area contributed by atoms with Gasteiger partial charge < -0.3 is 9.84 Å². The van der Waals surface area contributed by atoms with E-state index in [9.17, 15) is 13.2 Å². The Morgan fingerprint density at radius 2 is 2.00 bits per heavy atom. The lowest BCUT2D eigenvalue weighted by Gasteiger charge is -2.27. The first-order chi connectivity index (χ1) is 12.0. The molecule has 2 aromatic heterocycles. The topological polar surface area (TPSA) is 63.8 Å². The largest absolute Gasteiger partial charge is 0.433 e. The summed E-state index contributed by atoms with van der Waals surface area (Å²) in [7, 11) is 0. The zero-order valence-corrected chi connectivity index (χ0v) is 13.6. The van der Waals surface area contributed by atoms with Crippen LogP contribution >= 0.6 is 0 Å². The molecule has 0 bridgehead atoms. The van der Waals surface area contributed by atoms with Crippen LogP contribution in [0.4, 0.5) is 13.2 Å². The second-order valence-corrected chi connectivity index (χ2v) is 6.88. The maximum atomic E-state index is 13.1. The second kappa shape index (κ2) is 6.09. The first kappa shape index (κ1) is 16.5. The van der Waals surface area contributed by atoms with Gasteiger partial charge in [0.1, 0.15) is 5.69 Å². The average Bonchev–Trinajstić information content (AvgIpc) is 3.11. The van der Waals surface area contributed by atoms with Gasteiger partial charge in [-0.05, 0) is 37.3 Å². The van der Waals surface area contributed by atoms with Crippen LogP contribution in [0.2, 0.25) is 0 Å². The third-order valence-corrected chi connectivity index (χ3v) is 5.03. The third-order valence-electron chi connectivity index (χ3n) is 5.03. The van der Waals surface area contributed by atoms with Crippen molar-refractivity contribution in [1.29, 1.82) is 0 Å². The first-order valence-corrected chi connectivity index (χ1v) is 8.58. The quantitative estimate of drug-likeness (QED) is 0.884. The highest BCUT2D eigenvalue weighted by molar-refractivity contribution is 5.23. The smallest absolute Gasteiger partial charge is 0.339 e. The highest BCUT2D eigenvalue weighted by atomic mass is 19.4.